The zero-order valence-electron chi connectivity index (χ0n) is 8.51. The number of nitrogens with zero attached hydrogens (tertiary/aromatic N) is 2. The van der Waals surface area contributed by atoms with Crippen LogP contribution in [0.2, 0.25) is 0 Å². The van der Waals surface area contributed by atoms with E-state index in [-0.39, 0.29) is 0 Å². The molecule has 0 spiro atoms. The molecule has 0 unspecified atom stereocenters. The first kappa shape index (κ1) is 9.75. The van der Waals surface area contributed by atoms with Gasteiger partial charge in [-0.15, -0.1) is 6.58 Å². The summed E-state index contributed by atoms with van der Waals surface area (Å²) in [6.45, 7) is 12.9. The molecule has 12 heavy (non-hydrogen) atoms. The van der Waals surface area contributed by atoms with Gasteiger partial charge in [0.2, 0.25) is 0 Å². The fourth-order valence-corrected chi connectivity index (χ4v) is 1.68. The first-order chi connectivity index (χ1) is 5.56. The minimum absolute atomic E-state index is 0.321. The summed E-state index contributed by atoms with van der Waals surface area (Å²) in [4.78, 5) is 4.87. The van der Waals surface area contributed by atoms with Crippen molar-refractivity contribution < 1.29 is 0 Å². The molecule has 1 heterocycles. The quantitative estimate of drug-likeness (QED) is 0.572. The molecule has 1 aliphatic heterocycles. The minimum Gasteiger partial charge on any atom is -0.299 e. The summed E-state index contributed by atoms with van der Waals surface area (Å²) in [6, 6.07) is 0. The van der Waals surface area contributed by atoms with Crippen LogP contribution in [0.4, 0.5) is 0 Å². The Hall–Kier alpha value is -0.340. The van der Waals surface area contributed by atoms with Crippen LogP contribution >= 0.6 is 0 Å². The van der Waals surface area contributed by atoms with Crippen LogP contribution in [0.15, 0.2) is 12.7 Å². The summed E-state index contributed by atoms with van der Waals surface area (Å²) in [5, 5.41) is 0. The van der Waals surface area contributed by atoms with Gasteiger partial charge in [0.1, 0.15) is 0 Å². The summed E-state index contributed by atoms with van der Waals surface area (Å²) in [7, 11) is 2.20. The molecular weight excluding hydrogens is 148 g/mol. The molecule has 0 bridgehead atoms. The van der Waals surface area contributed by atoms with Gasteiger partial charge < -0.3 is 0 Å². The van der Waals surface area contributed by atoms with E-state index in [0.717, 1.165) is 13.1 Å². The highest BCUT2D eigenvalue weighted by atomic mass is 15.3. The van der Waals surface area contributed by atoms with Crippen molar-refractivity contribution in [1.82, 2.24) is 9.80 Å². The normalized spacial score (nSPS) is 25.6. The Balaban J connectivity index is 2.50. The predicted octanol–water partition coefficient (Wildman–Crippen LogP) is 1.20. The van der Waals surface area contributed by atoms with E-state index in [2.05, 4.69) is 37.3 Å². The average Bonchev–Trinajstić information content (AvgIpc) is 1.97. The maximum atomic E-state index is 3.77. The van der Waals surface area contributed by atoms with Gasteiger partial charge in [-0.25, -0.2) is 0 Å². The second-order valence-corrected chi connectivity index (χ2v) is 4.26. The highest BCUT2D eigenvalue weighted by molar-refractivity contribution is 4.90. The van der Waals surface area contributed by atoms with Crippen LogP contribution in [0.3, 0.4) is 0 Å². The van der Waals surface area contributed by atoms with Gasteiger partial charge in [0, 0.05) is 31.7 Å². The van der Waals surface area contributed by atoms with Crippen LogP contribution < -0.4 is 0 Å². The summed E-state index contributed by atoms with van der Waals surface area (Å²) < 4.78 is 0. The van der Waals surface area contributed by atoms with Crippen LogP contribution in [-0.2, 0) is 0 Å². The van der Waals surface area contributed by atoms with Crippen molar-refractivity contribution in [1.29, 1.82) is 0 Å². The zero-order valence-corrected chi connectivity index (χ0v) is 8.51. The third kappa shape index (κ3) is 2.08. The molecular formula is C10H20N2. The van der Waals surface area contributed by atoms with Crippen LogP contribution in [-0.4, -0.2) is 48.6 Å². The van der Waals surface area contributed by atoms with E-state index in [4.69, 9.17) is 0 Å². The topological polar surface area (TPSA) is 6.48 Å². The number of piperazine rings is 1. The molecule has 1 saturated heterocycles. The number of likely N-dealkylation sites (N-methyl/N-ethyl adjacent to an activating group) is 1. The first-order valence-electron chi connectivity index (χ1n) is 4.61. The average molecular weight is 168 g/mol. The van der Waals surface area contributed by atoms with E-state index in [1.807, 2.05) is 6.08 Å². The van der Waals surface area contributed by atoms with Crippen LogP contribution in [0.5, 0.6) is 0 Å². The third-order valence-electron chi connectivity index (χ3n) is 2.78. The second-order valence-electron chi connectivity index (χ2n) is 4.26. The third-order valence-corrected chi connectivity index (χ3v) is 2.78. The highest BCUT2D eigenvalue weighted by Crippen LogP contribution is 2.18. The molecule has 1 fully saturated rings. The fraction of sp³-hybridized carbons (Fsp3) is 0.800. The maximum Gasteiger partial charge on any atom is 0.0277 e. The summed E-state index contributed by atoms with van der Waals surface area (Å²) in [6.07, 6.45) is 1.99. The number of hydrogen-bond acceptors (Lipinski definition) is 2. The van der Waals surface area contributed by atoms with Gasteiger partial charge in [0.05, 0.1) is 0 Å². The number of rotatable bonds is 2. The van der Waals surface area contributed by atoms with Crippen molar-refractivity contribution in [2.24, 2.45) is 0 Å². The van der Waals surface area contributed by atoms with E-state index in [1.54, 1.807) is 0 Å². The molecule has 0 aromatic heterocycles. The summed E-state index contributed by atoms with van der Waals surface area (Å²) in [5.74, 6) is 0. The van der Waals surface area contributed by atoms with Gasteiger partial charge in [-0.3, -0.25) is 9.80 Å². The molecule has 1 aliphatic rings. The minimum atomic E-state index is 0.321. The van der Waals surface area contributed by atoms with Crippen molar-refractivity contribution >= 4 is 0 Å². The molecule has 0 amide bonds. The van der Waals surface area contributed by atoms with Crippen molar-refractivity contribution in [3.05, 3.63) is 12.7 Å². The van der Waals surface area contributed by atoms with E-state index in [0.29, 0.717) is 5.54 Å². The molecule has 0 aromatic carbocycles. The van der Waals surface area contributed by atoms with E-state index in [9.17, 15) is 0 Å². The lowest BCUT2D eigenvalue weighted by Crippen LogP contribution is -2.57. The van der Waals surface area contributed by atoms with Gasteiger partial charge in [-0.1, -0.05) is 6.08 Å². The second kappa shape index (κ2) is 3.58. The Labute approximate surface area is 75.8 Å². The summed E-state index contributed by atoms with van der Waals surface area (Å²) in [5.41, 5.74) is 0.321. The molecule has 0 radical (unpaired) electrons. The highest BCUT2D eigenvalue weighted by Gasteiger charge is 2.29. The van der Waals surface area contributed by atoms with Crippen molar-refractivity contribution in [3.8, 4) is 0 Å². The van der Waals surface area contributed by atoms with Gasteiger partial charge in [-0.05, 0) is 20.9 Å². The molecule has 0 aliphatic carbocycles. The molecule has 0 aromatic rings. The van der Waals surface area contributed by atoms with Gasteiger partial charge in [-0.2, -0.15) is 0 Å². The monoisotopic (exact) mass is 168 g/mol. The lowest BCUT2D eigenvalue weighted by Gasteiger charge is -2.45. The molecule has 0 saturated carbocycles. The van der Waals surface area contributed by atoms with Crippen LogP contribution in [0, 0.1) is 0 Å². The van der Waals surface area contributed by atoms with Crippen molar-refractivity contribution in [2.75, 3.05) is 33.2 Å². The van der Waals surface area contributed by atoms with Gasteiger partial charge >= 0.3 is 0 Å². The van der Waals surface area contributed by atoms with E-state index >= 15 is 0 Å². The standard InChI is InChI=1S/C10H20N2/c1-5-6-12-8-7-11(4)10(2,3)9-12/h5H,1,6-9H2,2-4H3. The first-order valence-corrected chi connectivity index (χ1v) is 4.61. The smallest absolute Gasteiger partial charge is 0.0277 e. The lowest BCUT2D eigenvalue weighted by atomic mass is 10.00. The molecule has 0 N–H and O–H groups in total. The fourth-order valence-electron chi connectivity index (χ4n) is 1.68. The van der Waals surface area contributed by atoms with Crippen molar-refractivity contribution in [3.63, 3.8) is 0 Å². The predicted molar refractivity (Wildman–Crippen MR) is 53.3 cm³/mol. The molecule has 1 rings (SSSR count). The Bertz CT molecular complexity index is 163. The maximum absolute atomic E-state index is 3.77. The lowest BCUT2D eigenvalue weighted by molar-refractivity contribution is 0.0464. The van der Waals surface area contributed by atoms with Gasteiger partial charge in [0.25, 0.3) is 0 Å². The molecule has 2 heteroatoms. The van der Waals surface area contributed by atoms with Crippen LogP contribution in [0.25, 0.3) is 0 Å². The SMILES string of the molecule is C=CCN1CCN(C)C(C)(C)C1. The largest absolute Gasteiger partial charge is 0.299 e. The zero-order chi connectivity index (χ0) is 9.19. The summed E-state index contributed by atoms with van der Waals surface area (Å²) >= 11 is 0. The Morgan fingerprint density at radius 3 is 2.58 bits per heavy atom. The van der Waals surface area contributed by atoms with E-state index < -0.39 is 0 Å². The van der Waals surface area contributed by atoms with Gasteiger partial charge in [0.15, 0.2) is 0 Å². The Morgan fingerprint density at radius 1 is 1.42 bits per heavy atom. The Kier molecular flexibility index (Phi) is 2.91. The number of hydrogen-bond donors (Lipinski definition) is 0. The van der Waals surface area contributed by atoms with Crippen LogP contribution in [0.1, 0.15) is 13.8 Å². The Morgan fingerprint density at radius 2 is 2.08 bits per heavy atom. The van der Waals surface area contributed by atoms with E-state index in [1.165, 1.54) is 13.1 Å². The molecule has 2 nitrogen and oxygen atoms in total. The molecule has 0 atom stereocenters. The van der Waals surface area contributed by atoms with Crippen molar-refractivity contribution in [2.45, 2.75) is 19.4 Å². The molecule has 70 valence electrons.